The molecule has 0 aliphatic carbocycles. The Morgan fingerprint density at radius 2 is 2.10 bits per heavy atom. The second-order valence-corrected chi connectivity index (χ2v) is 9.69. The maximum atomic E-state index is 13.1. The van der Waals surface area contributed by atoms with E-state index in [2.05, 4.69) is 10.6 Å². The predicted molar refractivity (Wildman–Crippen MR) is 115 cm³/mol. The van der Waals surface area contributed by atoms with E-state index in [1.807, 2.05) is 38.1 Å². The van der Waals surface area contributed by atoms with E-state index in [-0.39, 0.29) is 35.1 Å². The van der Waals surface area contributed by atoms with E-state index in [0.29, 0.717) is 24.3 Å². The molecule has 1 aromatic rings. The minimum absolute atomic E-state index is 0.0528. The van der Waals surface area contributed by atoms with Gasteiger partial charge >= 0.3 is 0 Å². The van der Waals surface area contributed by atoms with Crippen LogP contribution in [0.1, 0.15) is 54.4 Å². The normalized spacial score (nSPS) is 25.9. The lowest BCUT2D eigenvalue weighted by atomic mass is 10.0. The molecule has 2 saturated heterocycles. The Hall–Kier alpha value is -2.06. The van der Waals surface area contributed by atoms with Gasteiger partial charge in [0.05, 0.1) is 6.10 Å². The summed E-state index contributed by atoms with van der Waals surface area (Å²) in [5.41, 5.74) is 1.64. The fourth-order valence-corrected chi connectivity index (χ4v) is 5.82. The molecule has 3 amide bonds. The van der Waals surface area contributed by atoms with Crippen LogP contribution in [0.4, 0.5) is 0 Å². The van der Waals surface area contributed by atoms with Crippen LogP contribution in [0.2, 0.25) is 0 Å². The molecule has 2 fully saturated rings. The van der Waals surface area contributed by atoms with Crippen molar-refractivity contribution in [3.63, 3.8) is 0 Å². The van der Waals surface area contributed by atoms with E-state index in [9.17, 15) is 14.4 Å². The number of benzene rings is 1. The Morgan fingerprint density at radius 3 is 2.83 bits per heavy atom. The van der Waals surface area contributed by atoms with Crippen molar-refractivity contribution in [1.29, 1.82) is 0 Å². The van der Waals surface area contributed by atoms with Crippen molar-refractivity contribution in [3.05, 3.63) is 35.4 Å². The van der Waals surface area contributed by atoms with Crippen molar-refractivity contribution in [3.8, 4) is 0 Å². The molecule has 2 N–H and O–H groups in total. The zero-order chi connectivity index (χ0) is 21.3. The molecule has 7 nitrogen and oxygen atoms in total. The molecule has 4 rings (SSSR count). The van der Waals surface area contributed by atoms with Crippen LogP contribution in [0.25, 0.3) is 0 Å². The fourth-order valence-electron chi connectivity index (χ4n) is 4.36. The van der Waals surface area contributed by atoms with Crippen LogP contribution in [0.5, 0.6) is 0 Å². The second-order valence-electron chi connectivity index (χ2n) is 8.57. The van der Waals surface area contributed by atoms with Crippen LogP contribution in [-0.4, -0.2) is 59.7 Å². The maximum absolute atomic E-state index is 13.1. The van der Waals surface area contributed by atoms with E-state index < -0.39 is 12.1 Å². The van der Waals surface area contributed by atoms with Crippen molar-refractivity contribution >= 4 is 29.5 Å². The molecule has 30 heavy (non-hydrogen) atoms. The Balaban J connectivity index is 1.41. The zero-order valence-electron chi connectivity index (χ0n) is 17.4. The van der Waals surface area contributed by atoms with Gasteiger partial charge in [-0.1, -0.05) is 32.0 Å². The quantitative estimate of drug-likeness (QED) is 0.690. The first-order valence-electron chi connectivity index (χ1n) is 10.7. The highest BCUT2D eigenvalue weighted by Crippen LogP contribution is 2.48. The first-order chi connectivity index (χ1) is 14.5. The van der Waals surface area contributed by atoms with Gasteiger partial charge in [0, 0.05) is 24.5 Å². The van der Waals surface area contributed by atoms with E-state index in [1.54, 1.807) is 16.7 Å². The minimum atomic E-state index is -0.622. The SMILES string of the molecule is CC(C)CC(NC(=O)C1CSC2c3ccccc3C(=O)N12)C(=O)NCC1CCCO1. The molecule has 0 saturated carbocycles. The topological polar surface area (TPSA) is 87.7 Å². The molecule has 4 unspecified atom stereocenters. The van der Waals surface area contributed by atoms with Crippen molar-refractivity contribution in [1.82, 2.24) is 15.5 Å². The summed E-state index contributed by atoms with van der Waals surface area (Å²) in [6, 6.07) is 6.33. The number of fused-ring (bicyclic) bond motifs is 3. The predicted octanol–water partition coefficient (Wildman–Crippen LogP) is 2.08. The number of rotatable bonds is 7. The van der Waals surface area contributed by atoms with Crippen molar-refractivity contribution in [2.75, 3.05) is 18.9 Å². The lowest BCUT2D eigenvalue weighted by Gasteiger charge is -2.26. The summed E-state index contributed by atoms with van der Waals surface area (Å²) in [6.45, 7) is 5.24. The molecule has 3 heterocycles. The molecule has 0 spiro atoms. The third-order valence-electron chi connectivity index (χ3n) is 5.86. The van der Waals surface area contributed by atoms with Crippen LogP contribution >= 0.6 is 11.8 Å². The third-order valence-corrected chi connectivity index (χ3v) is 7.17. The highest BCUT2D eigenvalue weighted by Gasteiger charge is 2.48. The molecule has 0 radical (unpaired) electrons. The molecular weight excluding hydrogens is 402 g/mol. The molecule has 0 aromatic heterocycles. The van der Waals surface area contributed by atoms with E-state index in [0.717, 1.165) is 25.0 Å². The molecule has 0 bridgehead atoms. The van der Waals surface area contributed by atoms with Crippen molar-refractivity contribution in [2.24, 2.45) is 5.92 Å². The van der Waals surface area contributed by atoms with E-state index >= 15 is 0 Å². The van der Waals surface area contributed by atoms with Crippen molar-refractivity contribution < 1.29 is 19.1 Å². The number of nitrogens with zero attached hydrogens (tertiary/aromatic N) is 1. The Labute approximate surface area is 181 Å². The number of hydrogen-bond acceptors (Lipinski definition) is 5. The van der Waals surface area contributed by atoms with Crippen LogP contribution in [0.15, 0.2) is 24.3 Å². The summed E-state index contributed by atoms with van der Waals surface area (Å²) in [5, 5.41) is 5.73. The zero-order valence-corrected chi connectivity index (χ0v) is 18.2. The van der Waals surface area contributed by atoms with Gasteiger partial charge < -0.3 is 20.3 Å². The highest BCUT2D eigenvalue weighted by molar-refractivity contribution is 7.99. The van der Waals surface area contributed by atoms with Crippen LogP contribution < -0.4 is 10.6 Å². The number of thioether (sulfide) groups is 1. The van der Waals surface area contributed by atoms with Gasteiger partial charge in [0.25, 0.3) is 5.91 Å². The number of ether oxygens (including phenoxy) is 1. The molecule has 3 aliphatic rings. The minimum Gasteiger partial charge on any atom is -0.376 e. The summed E-state index contributed by atoms with van der Waals surface area (Å²) >= 11 is 1.60. The molecule has 4 atom stereocenters. The summed E-state index contributed by atoms with van der Waals surface area (Å²) in [5.74, 6) is 0.216. The first-order valence-corrected chi connectivity index (χ1v) is 11.7. The van der Waals surface area contributed by atoms with E-state index in [4.69, 9.17) is 4.74 Å². The van der Waals surface area contributed by atoms with Gasteiger partial charge in [0.1, 0.15) is 17.5 Å². The van der Waals surface area contributed by atoms with Gasteiger partial charge in [-0.15, -0.1) is 11.8 Å². The monoisotopic (exact) mass is 431 g/mol. The van der Waals surface area contributed by atoms with Gasteiger partial charge in [-0.3, -0.25) is 14.4 Å². The summed E-state index contributed by atoms with van der Waals surface area (Å²) in [4.78, 5) is 40.5. The van der Waals surface area contributed by atoms with Crippen molar-refractivity contribution in [2.45, 2.75) is 56.7 Å². The molecule has 3 aliphatic heterocycles. The number of carbonyl (C=O) groups excluding carboxylic acids is 3. The largest absolute Gasteiger partial charge is 0.376 e. The van der Waals surface area contributed by atoms with Crippen LogP contribution in [0.3, 0.4) is 0 Å². The smallest absolute Gasteiger partial charge is 0.256 e. The Morgan fingerprint density at radius 1 is 1.30 bits per heavy atom. The fraction of sp³-hybridized carbons (Fsp3) is 0.591. The number of nitrogens with one attached hydrogen (secondary N) is 2. The first kappa shape index (κ1) is 21.2. The maximum Gasteiger partial charge on any atom is 0.256 e. The molecular formula is C22H29N3O4S. The third kappa shape index (κ3) is 4.21. The van der Waals surface area contributed by atoms with Gasteiger partial charge in [0.15, 0.2) is 0 Å². The Bertz CT molecular complexity index is 824. The van der Waals surface area contributed by atoms with Gasteiger partial charge in [-0.2, -0.15) is 0 Å². The number of amides is 3. The van der Waals surface area contributed by atoms with Crippen LogP contribution in [-0.2, 0) is 14.3 Å². The number of carbonyl (C=O) groups is 3. The van der Waals surface area contributed by atoms with Gasteiger partial charge in [0.2, 0.25) is 11.8 Å². The molecule has 8 heteroatoms. The van der Waals surface area contributed by atoms with Gasteiger partial charge in [-0.25, -0.2) is 0 Å². The molecule has 1 aromatic carbocycles. The van der Waals surface area contributed by atoms with Crippen LogP contribution in [0, 0.1) is 5.92 Å². The summed E-state index contributed by atoms with van der Waals surface area (Å²) in [6.07, 6.45) is 2.55. The Kier molecular flexibility index (Phi) is 6.34. The highest BCUT2D eigenvalue weighted by atomic mass is 32.2. The number of hydrogen-bond donors (Lipinski definition) is 2. The molecule has 162 valence electrons. The standard InChI is InChI=1S/C22H29N3O4S/c1-13(2)10-17(19(26)23-11-14-6-5-9-29-14)24-20(27)18-12-30-22-16-8-4-3-7-15(16)21(28)25(18)22/h3-4,7-8,13-14,17-18,22H,5-6,9-12H2,1-2H3,(H,23,26)(H,24,27). The lowest BCUT2D eigenvalue weighted by Crippen LogP contribution is -2.54. The second kappa shape index (κ2) is 8.98. The average molecular weight is 432 g/mol. The average Bonchev–Trinajstić information content (AvgIpc) is 3.44. The lowest BCUT2D eigenvalue weighted by molar-refractivity contribution is -0.131. The van der Waals surface area contributed by atoms with Gasteiger partial charge in [-0.05, 0) is 36.8 Å². The van der Waals surface area contributed by atoms with E-state index in [1.165, 1.54) is 0 Å². The summed E-state index contributed by atoms with van der Waals surface area (Å²) in [7, 11) is 0. The summed E-state index contributed by atoms with van der Waals surface area (Å²) < 4.78 is 5.57.